The minimum absolute atomic E-state index is 0. The summed E-state index contributed by atoms with van der Waals surface area (Å²) in [5.41, 5.74) is 12.1. The van der Waals surface area contributed by atoms with Gasteiger partial charge in [-0.05, 0) is 12.1 Å². The number of hydrogen-bond acceptors (Lipinski definition) is 2. The van der Waals surface area contributed by atoms with Crippen LogP contribution >= 0.6 is 49.6 Å². The van der Waals surface area contributed by atoms with Crippen LogP contribution in [0.25, 0.3) is 0 Å². The molecule has 0 atom stereocenters. The van der Waals surface area contributed by atoms with Gasteiger partial charge in [-0.3, -0.25) is 0 Å². The van der Waals surface area contributed by atoms with E-state index in [1.54, 1.807) is 12.1 Å². The molecule has 0 aliphatic carbocycles. The van der Waals surface area contributed by atoms with Crippen molar-refractivity contribution in [1.29, 1.82) is 0 Å². The van der Waals surface area contributed by atoms with Gasteiger partial charge < -0.3 is 11.5 Å². The molecule has 0 aliphatic rings. The molecule has 0 aliphatic heterocycles. The molecule has 1 rings (SSSR count). The van der Waals surface area contributed by atoms with E-state index in [2.05, 4.69) is 0 Å². The number of halogens is 4. The fourth-order valence-corrected chi connectivity index (χ4v) is 0.511. The Bertz CT molecular complexity index is 174. The molecule has 74 valence electrons. The summed E-state index contributed by atoms with van der Waals surface area (Å²) in [7, 11) is 0. The minimum atomic E-state index is 0. The predicted molar refractivity (Wildman–Crippen MR) is 64.3 cm³/mol. The average Bonchev–Trinajstić information content (AvgIpc) is 1.77. The van der Waals surface area contributed by atoms with Gasteiger partial charge in [-0.1, -0.05) is 12.1 Å². The zero-order chi connectivity index (χ0) is 5.98. The fourth-order valence-electron chi connectivity index (χ4n) is 0.511. The van der Waals surface area contributed by atoms with Crippen molar-refractivity contribution < 1.29 is 0 Å². The van der Waals surface area contributed by atoms with Crippen LogP contribution in [0.3, 0.4) is 0 Å². The predicted octanol–water partition coefficient (Wildman–Crippen LogP) is 2.54. The molecule has 0 spiro atoms. The molecular weight excluding hydrogens is 242 g/mol. The van der Waals surface area contributed by atoms with Gasteiger partial charge in [-0.15, -0.1) is 49.6 Å². The van der Waals surface area contributed by atoms with Crippen molar-refractivity contribution in [1.82, 2.24) is 0 Å². The maximum absolute atomic E-state index is 5.39. The first kappa shape index (κ1) is 22.7. The molecule has 0 saturated heterocycles. The smallest absolute Gasteiger partial charge is 0.0547 e. The van der Waals surface area contributed by atoms with Gasteiger partial charge in [-0.25, -0.2) is 0 Å². The van der Waals surface area contributed by atoms with E-state index in [0.29, 0.717) is 11.4 Å². The van der Waals surface area contributed by atoms with Crippen LogP contribution in [0.2, 0.25) is 0 Å². The van der Waals surface area contributed by atoms with Crippen molar-refractivity contribution in [3.63, 3.8) is 0 Å². The monoisotopic (exact) mass is 252 g/mol. The highest BCUT2D eigenvalue weighted by atomic mass is 35.5. The van der Waals surface area contributed by atoms with Crippen molar-refractivity contribution in [2.45, 2.75) is 0 Å². The fraction of sp³-hybridized carbons (Fsp3) is 0. The van der Waals surface area contributed by atoms with Crippen LogP contribution < -0.4 is 11.5 Å². The topological polar surface area (TPSA) is 52.0 Å². The molecule has 2 nitrogen and oxygen atoms in total. The number of para-hydroxylation sites is 2. The first-order chi connectivity index (χ1) is 3.80. The second-order valence-electron chi connectivity index (χ2n) is 1.63. The third-order valence-electron chi connectivity index (χ3n) is 0.996. The van der Waals surface area contributed by atoms with E-state index in [1.165, 1.54) is 0 Å². The molecular formula is C6H12Cl4N2. The number of hydrogen-bond donors (Lipinski definition) is 2. The first-order valence-electron chi connectivity index (χ1n) is 2.40. The van der Waals surface area contributed by atoms with Crippen LogP contribution in [0.4, 0.5) is 11.4 Å². The molecule has 0 heterocycles. The second kappa shape index (κ2) is 11.0. The number of nitrogens with two attached hydrogens (primary N) is 2. The van der Waals surface area contributed by atoms with Crippen molar-refractivity contribution in [3.8, 4) is 0 Å². The molecule has 6 heteroatoms. The molecule has 0 aromatic heterocycles. The lowest BCUT2D eigenvalue weighted by Crippen LogP contribution is -1.91. The Kier molecular flexibility index (Phi) is 20.8. The Morgan fingerprint density at radius 2 is 0.917 bits per heavy atom. The quantitative estimate of drug-likeness (QED) is 0.699. The average molecular weight is 254 g/mol. The van der Waals surface area contributed by atoms with E-state index in [1.807, 2.05) is 12.1 Å². The summed E-state index contributed by atoms with van der Waals surface area (Å²) >= 11 is 0. The largest absolute Gasteiger partial charge is 0.397 e. The van der Waals surface area contributed by atoms with Crippen LogP contribution in [0.5, 0.6) is 0 Å². The summed E-state index contributed by atoms with van der Waals surface area (Å²) in [6, 6.07) is 7.25. The number of nitrogen functional groups attached to an aromatic ring is 2. The Balaban J connectivity index is -0.0000000800. The third-order valence-corrected chi connectivity index (χ3v) is 0.996. The number of rotatable bonds is 0. The van der Waals surface area contributed by atoms with Gasteiger partial charge in [0, 0.05) is 0 Å². The summed E-state index contributed by atoms with van der Waals surface area (Å²) in [5.74, 6) is 0. The third kappa shape index (κ3) is 6.68. The lowest BCUT2D eigenvalue weighted by atomic mass is 10.3. The van der Waals surface area contributed by atoms with Crippen molar-refractivity contribution in [3.05, 3.63) is 24.3 Å². The molecule has 0 fully saturated rings. The Morgan fingerprint density at radius 3 is 1.08 bits per heavy atom. The van der Waals surface area contributed by atoms with Crippen LogP contribution in [0.1, 0.15) is 0 Å². The summed E-state index contributed by atoms with van der Waals surface area (Å²) in [4.78, 5) is 0. The van der Waals surface area contributed by atoms with Gasteiger partial charge >= 0.3 is 0 Å². The SMILES string of the molecule is Cl.Cl.Cl.Cl.Nc1ccccc1N. The summed E-state index contributed by atoms with van der Waals surface area (Å²) in [5, 5.41) is 0. The van der Waals surface area contributed by atoms with Crippen LogP contribution in [0, 0.1) is 0 Å². The maximum atomic E-state index is 5.39. The van der Waals surface area contributed by atoms with E-state index in [9.17, 15) is 0 Å². The van der Waals surface area contributed by atoms with Gasteiger partial charge in [0.15, 0.2) is 0 Å². The van der Waals surface area contributed by atoms with Gasteiger partial charge in [-0.2, -0.15) is 0 Å². The van der Waals surface area contributed by atoms with E-state index in [0.717, 1.165) is 0 Å². The first-order valence-corrected chi connectivity index (χ1v) is 2.40. The van der Waals surface area contributed by atoms with Crippen molar-refractivity contribution in [2.24, 2.45) is 0 Å². The molecule has 0 amide bonds. The summed E-state index contributed by atoms with van der Waals surface area (Å²) < 4.78 is 0. The van der Waals surface area contributed by atoms with E-state index >= 15 is 0 Å². The lowest BCUT2D eigenvalue weighted by molar-refractivity contribution is 1.67. The molecule has 0 saturated carbocycles. The van der Waals surface area contributed by atoms with Crippen molar-refractivity contribution >= 4 is 61.0 Å². The molecule has 4 N–H and O–H groups in total. The molecule has 1 aromatic carbocycles. The highest BCUT2D eigenvalue weighted by Crippen LogP contribution is 2.10. The highest BCUT2D eigenvalue weighted by Gasteiger charge is 1.85. The van der Waals surface area contributed by atoms with Crippen LogP contribution in [-0.2, 0) is 0 Å². The van der Waals surface area contributed by atoms with Gasteiger partial charge in [0.1, 0.15) is 0 Å². The van der Waals surface area contributed by atoms with Gasteiger partial charge in [0.2, 0.25) is 0 Å². The van der Waals surface area contributed by atoms with Gasteiger partial charge in [0.05, 0.1) is 11.4 Å². The molecule has 0 bridgehead atoms. The highest BCUT2D eigenvalue weighted by molar-refractivity contribution is 5.86. The molecule has 1 aromatic rings. The molecule has 12 heavy (non-hydrogen) atoms. The normalized spacial score (nSPS) is 6.00. The lowest BCUT2D eigenvalue weighted by Gasteiger charge is -1.94. The maximum Gasteiger partial charge on any atom is 0.0547 e. The Labute approximate surface area is 96.7 Å². The molecule has 0 radical (unpaired) electrons. The summed E-state index contributed by atoms with van der Waals surface area (Å²) in [6.07, 6.45) is 0. The minimum Gasteiger partial charge on any atom is -0.397 e. The molecule has 0 unspecified atom stereocenters. The van der Waals surface area contributed by atoms with Gasteiger partial charge in [0.25, 0.3) is 0 Å². The summed E-state index contributed by atoms with van der Waals surface area (Å²) in [6.45, 7) is 0. The van der Waals surface area contributed by atoms with Crippen LogP contribution in [0.15, 0.2) is 24.3 Å². The zero-order valence-corrected chi connectivity index (χ0v) is 9.36. The Hall–Kier alpha value is -0.0200. The van der Waals surface area contributed by atoms with E-state index < -0.39 is 0 Å². The van der Waals surface area contributed by atoms with Crippen molar-refractivity contribution in [2.75, 3.05) is 11.5 Å². The second-order valence-corrected chi connectivity index (χ2v) is 1.63. The van der Waals surface area contributed by atoms with E-state index in [-0.39, 0.29) is 49.6 Å². The number of anilines is 2. The zero-order valence-electron chi connectivity index (χ0n) is 6.10. The Morgan fingerprint density at radius 1 is 0.667 bits per heavy atom. The standard InChI is InChI=1S/C6H8N2.4ClH/c7-5-3-1-2-4-6(5)8;;;;/h1-4H,7-8H2;4*1H. The van der Waals surface area contributed by atoms with Crippen LogP contribution in [-0.4, -0.2) is 0 Å². The number of benzene rings is 1. The van der Waals surface area contributed by atoms with E-state index in [4.69, 9.17) is 11.5 Å².